The predicted molar refractivity (Wildman–Crippen MR) is 93.9 cm³/mol. The summed E-state index contributed by atoms with van der Waals surface area (Å²) >= 11 is 3.44. The average Bonchev–Trinajstić information content (AvgIpc) is 2.54. The molecule has 1 N–H and O–H groups in total. The van der Waals surface area contributed by atoms with Crippen LogP contribution in [-0.4, -0.2) is 13.2 Å². The van der Waals surface area contributed by atoms with Crippen LogP contribution in [0.1, 0.15) is 31.3 Å². The van der Waals surface area contributed by atoms with E-state index in [1.54, 1.807) is 0 Å². The van der Waals surface area contributed by atoms with Gasteiger partial charge in [0, 0.05) is 35.5 Å². The van der Waals surface area contributed by atoms with Crippen LogP contribution in [0.2, 0.25) is 0 Å². The minimum absolute atomic E-state index is 0.289. The Balaban J connectivity index is 2.02. The van der Waals surface area contributed by atoms with Crippen LogP contribution in [0.5, 0.6) is 0 Å². The quantitative estimate of drug-likeness (QED) is 0.659. The molecule has 0 bridgehead atoms. The van der Waals surface area contributed by atoms with E-state index in [4.69, 9.17) is 9.47 Å². The molecule has 3 nitrogen and oxygen atoms in total. The number of halogens is 1. The fraction of sp³-hybridized carbons (Fsp3) is 0.333. The highest BCUT2D eigenvalue weighted by Crippen LogP contribution is 2.21. The first-order chi connectivity index (χ1) is 10.7. The highest BCUT2D eigenvalue weighted by atomic mass is 79.9. The van der Waals surface area contributed by atoms with Crippen molar-refractivity contribution in [3.63, 3.8) is 0 Å². The summed E-state index contributed by atoms with van der Waals surface area (Å²) < 4.78 is 12.4. The standard InChI is InChI=1S/C18H22BrNO2/c1-3-21-18(22-4-2)15-7-5-6-14(12-15)13-20-17-10-8-16(19)9-11-17/h5-12,18,20H,3-4,13H2,1-2H3. The highest BCUT2D eigenvalue weighted by molar-refractivity contribution is 9.10. The Kier molecular flexibility index (Phi) is 6.90. The summed E-state index contributed by atoms with van der Waals surface area (Å²) in [7, 11) is 0. The van der Waals surface area contributed by atoms with Gasteiger partial charge in [-0.25, -0.2) is 0 Å². The number of rotatable bonds is 8. The lowest BCUT2D eigenvalue weighted by Crippen LogP contribution is -2.09. The van der Waals surface area contributed by atoms with Gasteiger partial charge < -0.3 is 14.8 Å². The zero-order valence-electron chi connectivity index (χ0n) is 13.0. The maximum atomic E-state index is 5.65. The van der Waals surface area contributed by atoms with Gasteiger partial charge in [0.2, 0.25) is 0 Å². The largest absolute Gasteiger partial charge is 0.381 e. The van der Waals surface area contributed by atoms with Crippen LogP contribution in [0.3, 0.4) is 0 Å². The molecule has 0 atom stereocenters. The van der Waals surface area contributed by atoms with Gasteiger partial charge in [0.1, 0.15) is 0 Å². The van der Waals surface area contributed by atoms with Crippen molar-refractivity contribution in [1.82, 2.24) is 0 Å². The molecule has 0 aliphatic carbocycles. The van der Waals surface area contributed by atoms with Crippen LogP contribution in [0, 0.1) is 0 Å². The number of anilines is 1. The van der Waals surface area contributed by atoms with Crippen molar-refractivity contribution < 1.29 is 9.47 Å². The maximum Gasteiger partial charge on any atom is 0.183 e. The van der Waals surface area contributed by atoms with Gasteiger partial charge in [-0.1, -0.05) is 34.1 Å². The van der Waals surface area contributed by atoms with Crippen molar-refractivity contribution in [2.24, 2.45) is 0 Å². The first kappa shape index (κ1) is 17.0. The normalized spacial score (nSPS) is 10.9. The number of benzene rings is 2. The van der Waals surface area contributed by atoms with Gasteiger partial charge in [-0.2, -0.15) is 0 Å². The zero-order chi connectivity index (χ0) is 15.8. The molecule has 2 rings (SSSR count). The van der Waals surface area contributed by atoms with Gasteiger partial charge >= 0.3 is 0 Å². The summed E-state index contributed by atoms with van der Waals surface area (Å²) in [5.74, 6) is 0. The summed E-state index contributed by atoms with van der Waals surface area (Å²) in [5, 5.41) is 3.42. The van der Waals surface area contributed by atoms with E-state index < -0.39 is 0 Å². The van der Waals surface area contributed by atoms with E-state index in [2.05, 4.69) is 45.5 Å². The molecule has 0 radical (unpaired) electrons. The molecule has 22 heavy (non-hydrogen) atoms. The smallest absolute Gasteiger partial charge is 0.183 e. The van der Waals surface area contributed by atoms with Crippen LogP contribution in [0.15, 0.2) is 53.0 Å². The maximum absolute atomic E-state index is 5.65. The fourth-order valence-electron chi connectivity index (χ4n) is 2.16. The van der Waals surface area contributed by atoms with Crippen LogP contribution in [-0.2, 0) is 16.0 Å². The van der Waals surface area contributed by atoms with E-state index in [-0.39, 0.29) is 6.29 Å². The van der Waals surface area contributed by atoms with Crippen LogP contribution in [0.4, 0.5) is 5.69 Å². The van der Waals surface area contributed by atoms with Crippen molar-refractivity contribution in [2.45, 2.75) is 26.7 Å². The van der Waals surface area contributed by atoms with E-state index in [1.807, 2.05) is 38.1 Å². The number of nitrogens with one attached hydrogen (secondary N) is 1. The molecule has 0 unspecified atom stereocenters. The molecule has 118 valence electrons. The second-order valence-electron chi connectivity index (χ2n) is 4.85. The molecule has 2 aromatic carbocycles. The lowest BCUT2D eigenvalue weighted by Gasteiger charge is -2.18. The first-order valence-corrected chi connectivity index (χ1v) is 8.33. The molecule has 0 amide bonds. The topological polar surface area (TPSA) is 30.5 Å². The third-order valence-electron chi connectivity index (χ3n) is 3.20. The summed E-state index contributed by atoms with van der Waals surface area (Å²) in [4.78, 5) is 0. The Labute approximate surface area is 140 Å². The Morgan fingerprint density at radius 2 is 1.68 bits per heavy atom. The average molecular weight is 364 g/mol. The van der Waals surface area contributed by atoms with Crippen molar-refractivity contribution in [2.75, 3.05) is 18.5 Å². The van der Waals surface area contributed by atoms with Crippen molar-refractivity contribution in [3.05, 3.63) is 64.1 Å². The number of hydrogen-bond acceptors (Lipinski definition) is 3. The van der Waals surface area contributed by atoms with E-state index in [9.17, 15) is 0 Å². The summed E-state index contributed by atoms with van der Waals surface area (Å²) in [6.45, 7) is 5.98. The van der Waals surface area contributed by atoms with E-state index in [0.717, 1.165) is 22.3 Å². The van der Waals surface area contributed by atoms with Crippen LogP contribution < -0.4 is 5.32 Å². The summed E-state index contributed by atoms with van der Waals surface area (Å²) in [6.07, 6.45) is -0.289. The Morgan fingerprint density at radius 3 is 2.32 bits per heavy atom. The Hall–Kier alpha value is -1.36. The fourth-order valence-corrected chi connectivity index (χ4v) is 2.43. The molecule has 0 aliphatic heterocycles. The van der Waals surface area contributed by atoms with Gasteiger partial charge in [0.05, 0.1) is 0 Å². The van der Waals surface area contributed by atoms with Gasteiger partial charge in [-0.05, 0) is 49.7 Å². The SMILES string of the molecule is CCOC(OCC)c1cccc(CNc2ccc(Br)cc2)c1. The number of hydrogen-bond donors (Lipinski definition) is 1. The molecule has 4 heteroatoms. The third-order valence-corrected chi connectivity index (χ3v) is 3.73. The third kappa shape index (κ3) is 5.13. The molecule has 0 saturated carbocycles. The molecular formula is C18H22BrNO2. The van der Waals surface area contributed by atoms with Crippen molar-refractivity contribution in [1.29, 1.82) is 0 Å². The van der Waals surface area contributed by atoms with Crippen LogP contribution in [0.25, 0.3) is 0 Å². The molecule has 0 aliphatic rings. The van der Waals surface area contributed by atoms with E-state index in [0.29, 0.717) is 13.2 Å². The lowest BCUT2D eigenvalue weighted by molar-refractivity contribution is -0.140. The predicted octanol–water partition coefficient (Wildman–Crippen LogP) is 5.13. The second-order valence-corrected chi connectivity index (χ2v) is 5.76. The van der Waals surface area contributed by atoms with Gasteiger partial charge in [-0.15, -0.1) is 0 Å². The molecule has 0 saturated heterocycles. The van der Waals surface area contributed by atoms with Crippen molar-refractivity contribution in [3.8, 4) is 0 Å². The van der Waals surface area contributed by atoms with Gasteiger partial charge in [0.15, 0.2) is 6.29 Å². The van der Waals surface area contributed by atoms with Crippen molar-refractivity contribution >= 4 is 21.6 Å². The van der Waals surface area contributed by atoms with Gasteiger partial charge in [-0.3, -0.25) is 0 Å². The molecule has 0 heterocycles. The highest BCUT2D eigenvalue weighted by Gasteiger charge is 2.11. The minimum atomic E-state index is -0.289. The summed E-state index contributed by atoms with van der Waals surface area (Å²) in [6, 6.07) is 16.5. The molecule has 0 fully saturated rings. The molecule has 0 spiro atoms. The monoisotopic (exact) mass is 363 g/mol. The molecular weight excluding hydrogens is 342 g/mol. The van der Waals surface area contributed by atoms with Crippen LogP contribution >= 0.6 is 15.9 Å². The Morgan fingerprint density at radius 1 is 1.00 bits per heavy atom. The Bertz CT molecular complexity index is 566. The van der Waals surface area contributed by atoms with Gasteiger partial charge in [0.25, 0.3) is 0 Å². The minimum Gasteiger partial charge on any atom is -0.381 e. The molecule has 0 aromatic heterocycles. The van der Waals surface area contributed by atoms with E-state index >= 15 is 0 Å². The second kappa shape index (κ2) is 8.93. The first-order valence-electron chi connectivity index (χ1n) is 7.54. The summed E-state index contributed by atoms with van der Waals surface area (Å²) in [5.41, 5.74) is 3.35. The molecule has 2 aromatic rings. The van der Waals surface area contributed by atoms with E-state index in [1.165, 1.54) is 5.56 Å². The number of ether oxygens (including phenoxy) is 2. The lowest BCUT2D eigenvalue weighted by atomic mass is 10.1. The zero-order valence-corrected chi connectivity index (χ0v) is 14.6.